The molecule has 2 rings (SSSR count). The predicted molar refractivity (Wildman–Crippen MR) is 75.7 cm³/mol. The summed E-state index contributed by atoms with van der Waals surface area (Å²) in [4.78, 5) is 2.51. The Morgan fingerprint density at radius 3 is 2.94 bits per heavy atom. The van der Waals surface area contributed by atoms with Crippen molar-refractivity contribution in [1.82, 2.24) is 4.90 Å². The lowest BCUT2D eigenvalue weighted by atomic mass is 10.1. The molecule has 0 spiro atoms. The third-order valence-corrected chi connectivity index (χ3v) is 3.79. The quantitative estimate of drug-likeness (QED) is 0.621. The second-order valence-electron chi connectivity index (χ2n) is 4.84. The van der Waals surface area contributed by atoms with Crippen LogP contribution in [0.15, 0.2) is 18.2 Å². The van der Waals surface area contributed by atoms with Crippen molar-refractivity contribution in [3.05, 3.63) is 29.3 Å². The molecule has 0 saturated heterocycles. The van der Waals surface area contributed by atoms with Crippen LogP contribution in [-0.2, 0) is 11.2 Å². The minimum atomic E-state index is 0.547. The van der Waals surface area contributed by atoms with E-state index in [-0.39, 0.29) is 0 Å². The highest BCUT2D eigenvalue weighted by Crippen LogP contribution is 2.36. The maximum absolute atomic E-state index is 5.85. The lowest BCUT2D eigenvalue weighted by Crippen LogP contribution is -2.30. The number of fused-ring (bicyclic) bond motifs is 1. The van der Waals surface area contributed by atoms with Crippen LogP contribution in [0.1, 0.15) is 37.4 Å². The number of aryl methyl sites for hydroxylation is 1. The van der Waals surface area contributed by atoms with Crippen molar-refractivity contribution in [1.29, 1.82) is 0 Å². The molecule has 1 aliphatic rings. The molecule has 0 fully saturated rings. The average molecular weight is 248 g/mol. The average Bonchev–Trinajstić information content (AvgIpc) is 2.77. The number of nitrogens with two attached hydrogens (primary N) is 1. The van der Waals surface area contributed by atoms with Crippen molar-refractivity contribution in [2.24, 2.45) is 0 Å². The normalized spacial score (nSPS) is 18.3. The van der Waals surface area contributed by atoms with Crippen LogP contribution in [0.25, 0.3) is 0 Å². The van der Waals surface area contributed by atoms with E-state index in [1.165, 1.54) is 17.5 Å². The number of hydrogen-bond acceptors (Lipinski definition) is 3. The standard InChI is InChI=1S/C15H24N2O/c1-3-17(9-10-18-4-2)15-8-5-12-11-13(16)6-7-14(12)15/h6-7,11,15H,3-5,8-10,16H2,1-2H3. The van der Waals surface area contributed by atoms with Crippen molar-refractivity contribution in [3.8, 4) is 0 Å². The van der Waals surface area contributed by atoms with Crippen LogP contribution < -0.4 is 5.73 Å². The number of rotatable bonds is 6. The summed E-state index contributed by atoms with van der Waals surface area (Å²) in [5.41, 5.74) is 9.62. The van der Waals surface area contributed by atoms with E-state index in [0.717, 1.165) is 38.4 Å². The molecule has 100 valence electrons. The van der Waals surface area contributed by atoms with Gasteiger partial charge in [0.25, 0.3) is 0 Å². The number of hydrogen-bond donors (Lipinski definition) is 1. The molecule has 1 unspecified atom stereocenters. The first-order chi connectivity index (χ1) is 8.76. The Balaban J connectivity index is 2.06. The molecule has 0 heterocycles. The molecule has 1 aliphatic carbocycles. The summed E-state index contributed by atoms with van der Waals surface area (Å²) in [6, 6.07) is 6.90. The third-order valence-electron chi connectivity index (χ3n) is 3.79. The molecule has 0 saturated carbocycles. The van der Waals surface area contributed by atoms with Gasteiger partial charge >= 0.3 is 0 Å². The minimum Gasteiger partial charge on any atom is -0.399 e. The van der Waals surface area contributed by atoms with Crippen LogP contribution >= 0.6 is 0 Å². The van der Waals surface area contributed by atoms with Gasteiger partial charge in [-0.2, -0.15) is 0 Å². The van der Waals surface area contributed by atoms with Crippen molar-refractivity contribution in [3.63, 3.8) is 0 Å². The number of nitrogen functional groups attached to an aromatic ring is 1. The molecule has 3 nitrogen and oxygen atoms in total. The molecule has 1 aromatic carbocycles. The molecular formula is C15H24N2O. The topological polar surface area (TPSA) is 38.5 Å². The fourth-order valence-electron chi connectivity index (χ4n) is 2.85. The van der Waals surface area contributed by atoms with Crippen molar-refractivity contribution in [2.75, 3.05) is 32.0 Å². The molecule has 0 bridgehead atoms. The Morgan fingerprint density at radius 2 is 2.22 bits per heavy atom. The fourth-order valence-corrected chi connectivity index (χ4v) is 2.85. The fraction of sp³-hybridized carbons (Fsp3) is 0.600. The summed E-state index contributed by atoms with van der Waals surface area (Å²) >= 11 is 0. The minimum absolute atomic E-state index is 0.547. The molecule has 1 aromatic rings. The number of likely N-dealkylation sites (N-methyl/N-ethyl adjacent to an activating group) is 1. The van der Waals surface area contributed by atoms with Gasteiger partial charge in [0.2, 0.25) is 0 Å². The number of ether oxygens (including phenoxy) is 1. The van der Waals surface area contributed by atoms with Gasteiger partial charge in [0, 0.05) is 24.9 Å². The van der Waals surface area contributed by atoms with E-state index < -0.39 is 0 Å². The monoisotopic (exact) mass is 248 g/mol. The maximum atomic E-state index is 5.85. The van der Waals surface area contributed by atoms with E-state index in [9.17, 15) is 0 Å². The molecule has 2 N–H and O–H groups in total. The van der Waals surface area contributed by atoms with Gasteiger partial charge in [-0.3, -0.25) is 4.90 Å². The lowest BCUT2D eigenvalue weighted by Gasteiger charge is -2.28. The predicted octanol–water partition coefficient (Wildman–Crippen LogP) is 2.61. The van der Waals surface area contributed by atoms with Gasteiger partial charge in [-0.1, -0.05) is 13.0 Å². The Bertz CT molecular complexity index is 392. The summed E-state index contributed by atoms with van der Waals surface area (Å²) in [7, 11) is 0. The highest BCUT2D eigenvalue weighted by atomic mass is 16.5. The highest BCUT2D eigenvalue weighted by molar-refractivity contribution is 5.47. The van der Waals surface area contributed by atoms with Crippen LogP contribution in [0, 0.1) is 0 Å². The Hall–Kier alpha value is -1.06. The van der Waals surface area contributed by atoms with Gasteiger partial charge in [0.15, 0.2) is 0 Å². The summed E-state index contributed by atoms with van der Waals surface area (Å²) in [6.45, 7) is 7.98. The molecule has 18 heavy (non-hydrogen) atoms. The summed E-state index contributed by atoms with van der Waals surface area (Å²) in [5.74, 6) is 0. The molecular weight excluding hydrogens is 224 g/mol. The van der Waals surface area contributed by atoms with Gasteiger partial charge in [-0.05, 0) is 49.6 Å². The van der Waals surface area contributed by atoms with Gasteiger partial charge in [0.1, 0.15) is 0 Å². The first-order valence-electron chi connectivity index (χ1n) is 6.96. The first kappa shape index (κ1) is 13.4. The van der Waals surface area contributed by atoms with Crippen molar-refractivity contribution in [2.45, 2.75) is 32.7 Å². The van der Waals surface area contributed by atoms with E-state index in [4.69, 9.17) is 10.5 Å². The smallest absolute Gasteiger partial charge is 0.0593 e. The highest BCUT2D eigenvalue weighted by Gasteiger charge is 2.26. The van der Waals surface area contributed by atoms with Crippen LogP contribution in [0.5, 0.6) is 0 Å². The number of nitrogens with zero attached hydrogens (tertiary/aromatic N) is 1. The van der Waals surface area contributed by atoms with Gasteiger partial charge in [-0.25, -0.2) is 0 Å². The van der Waals surface area contributed by atoms with Gasteiger partial charge < -0.3 is 10.5 Å². The zero-order valence-corrected chi connectivity index (χ0v) is 11.5. The molecule has 1 atom stereocenters. The Kier molecular flexibility index (Phi) is 4.61. The molecule has 0 aliphatic heterocycles. The third kappa shape index (κ3) is 2.85. The molecule has 0 amide bonds. The number of benzene rings is 1. The second kappa shape index (κ2) is 6.21. The summed E-state index contributed by atoms with van der Waals surface area (Å²) < 4.78 is 5.47. The summed E-state index contributed by atoms with van der Waals surface area (Å²) in [5, 5.41) is 0. The van der Waals surface area contributed by atoms with Crippen LogP contribution in [0.4, 0.5) is 5.69 Å². The maximum Gasteiger partial charge on any atom is 0.0593 e. The van der Waals surface area contributed by atoms with Gasteiger partial charge in [-0.15, -0.1) is 0 Å². The van der Waals surface area contributed by atoms with Crippen LogP contribution in [-0.4, -0.2) is 31.2 Å². The Morgan fingerprint density at radius 1 is 1.39 bits per heavy atom. The van der Waals surface area contributed by atoms with E-state index >= 15 is 0 Å². The lowest BCUT2D eigenvalue weighted by molar-refractivity contribution is 0.0966. The largest absolute Gasteiger partial charge is 0.399 e. The van der Waals surface area contributed by atoms with Crippen molar-refractivity contribution < 1.29 is 4.74 Å². The van der Waals surface area contributed by atoms with Crippen LogP contribution in [0.3, 0.4) is 0 Å². The zero-order valence-electron chi connectivity index (χ0n) is 11.5. The first-order valence-corrected chi connectivity index (χ1v) is 6.96. The Labute approximate surface area is 110 Å². The van der Waals surface area contributed by atoms with E-state index in [0.29, 0.717) is 6.04 Å². The number of anilines is 1. The molecule has 0 radical (unpaired) electrons. The molecule has 3 heteroatoms. The SMILES string of the molecule is CCOCCN(CC)C1CCc2cc(N)ccc21. The van der Waals surface area contributed by atoms with Crippen LogP contribution in [0.2, 0.25) is 0 Å². The van der Waals surface area contributed by atoms with E-state index in [2.05, 4.69) is 24.0 Å². The molecule has 0 aromatic heterocycles. The summed E-state index contributed by atoms with van der Waals surface area (Å²) in [6.07, 6.45) is 2.36. The van der Waals surface area contributed by atoms with E-state index in [1.54, 1.807) is 0 Å². The van der Waals surface area contributed by atoms with Crippen molar-refractivity contribution >= 4 is 5.69 Å². The zero-order chi connectivity index (χ0) is 13.0. The van der Waals surface area contributed by atoms with Gasteiger partial charge in [0.05, 0.1) is 6.61 Å². The van der Waals surface area contributed by atoms with E-state index in [1.807, 2.05) is 13.0 Å². The second-order valence-corrected chi connectivity index (χ2v) is 4.84.